The van der Waals surface area contributed by atoms with E-state index in [2.05, 4.69) is 39.7 Å². The quantitative estimate of drug-likeness (QED) is 0.905. The van der Waals surface area contributed by atoms with Crippen molar-refractivity contribution in [1.82, 2.24) is 15.2 Å². The van der Waals surface area contributed by atoms with Gasteiger partial charge in [-0.3, -0.25) is 0 Å². The third-order valence-electron chi connectivity index (χ3n) is 2.14. The molecule has 0 radical (unpaired) electrons. The van der Waals surface area contributed by atoms with Crippen molar-refractivity contribution < 1.29 is 0 Å². The van der Waals surface area contributed by atoms with Crippen LogP contribution in [0.2, 0.25) is 0 Å². The number of nitrogens with one attached hydrogen (secondary N) is 1. The highest BCUT2D eigenvalue weighted by Crippen LogP contribution is 2.19. The molecule has 0 aliphatic heterocycles. The van der Waals surface area contributed by atoms with Crippen LogP contribution in [0.3, 0.4) is 0 Å². The molecule has 0 amide bonds. The van der Waals surface area contributed by atoms with Crippen molar-refractivity contribution in [2.24, 2.45) is 5.92 Å². The molecular formula is C11H16N4S2. The van der Waals surface area contributed by atoms with Gasteiger partial charge in [0.1, 0.15) is 5.01 Å². The smallest absolute Gasteiger partial charge is 0.205 e. The lowest BCUT2D eigenvalue weighted by molar-refractivity contribution is 0.640. The number of rotatable bonds is 5. The van der Waals surface area contributed by atoms with Crippen LogP contribution < -0.4 is 5.32 Å². The van der Waals surface area contributed by atoms with Crippen molar-refractivity contribution in [1.29, 1.82) is 0 Å². The SMILES string of the molecule is Cc1nc(CNc2nnc(CC(C)C)s2)cs1. The summed E-state index contributed by atoms with van der Waals surface area (Å²) in [5.74, 6) is 0.622. The van der Waals surface area contributed by atoms with Gasteiger partial charge in [0, 0.05) is 11.8 Å². The van der Waals surface area contributed by atoms with Gasteiger partial charge in [0.2, 0.25) is 5.13 Å². The van der Waals surface area contributed by atoms with E-state index in [-0.39, 0.29) is 0 Å². The Morgan fingerprint density at radius 1 is 1.35 bits per heavy atom. The van der Waals surface area contributed by atoms with Gasteiger partial charge in [-0.1, -0.05) is 25.2 Å². The van der Waals surface area contributed by atoms with Crippen LogP contribution in [0.1, 0.15) is 29.6 Å². The molecule has 2 rings (SSSR count). The largest absolute Gasteiger partial charge is 0.354 e. The molecule has 0 spiro atoms. The highest BCUT2D eigenvalue weighted by Gasteiger charge is 2.06. The van der Waals surface area contributed by atoms with Crippen LogP contribution in [-0.2, 0) is 13.0 Å². The lowest BCUT2D eigenvalue weighted by atomic mass is 10.1. The zero-order chi connectivity index (χ0) is 12.3. The van der Waals surface area contributed by atoms with E-state index in [9.17, 15) is 0 Å². The van der Waals surface area contributed by atoms with E-state index in [1.807, 2.05) is 6.92 Å². The first-order valence-corrected chi connectivity index (χ1v) is 7.30. The van der Waals surface area contributed by atoms with Crippen LogP contribution in [0.4, 0.5) is 5.13 Å². The van der Waals surface area contributed by atoms with E-state index < -0.39 is 0 Å². The summed E-state index contributed by atoms with van der Waals surface area (Å²) in [7, 11) is 0. The van der Waals surface area contributed by atoms with E-state index >= 15 is 0 Å². The Labute approximate surface area is 109 Å². The Kier molecular flexibility index (Phi) is 4.06. The predicted octanol–water partition coefficient (Wildman–Crippen LogP) is 3.11. The normalized spacial score (nSPS) is 11.1. The molecular weight excluding hydrogens is 252 g/mol. The van der Waals surface area contributed by atoms with Crippen molar-refractivity contribution in [2.45, 2.75) is 33.7 Å². The molecule has 0 atom stereocenters. The van der Waals surface area contributed by atoms with Gasteiger partial charge in [0.25, 0.3) is 0 Å². The van der Waals surface area contributed by atoms with E-state index in [0.717, 1.165) is 33.8 Å². The number of aromatic nitrogens is 3. The van der Waals surface area contributed by atoms with Gasteiger partial charge >= 0.3 is 0 Å². The minimum absolute atomic E-state index is 0.622. The number of hydrogen-bond donors (Lipinski definition) is 1. The van der Waals surface area contributed by atoms with Crippen LogP contribution in [-0.4, -0.2) is 15.2 Å². The number of hydrogen-bond acceptors (Lipinski definition) is 6. The molecule has 2 aromatic heterocycles. The van der Waals surface area contributed by atoms with Crippen LogP contribution in [0.15, 0.2) is 5.38 Å². The van der Waals surface area contributed by atoms with Gasteiger partial charge in [-0.05, 0) is 12.8 Å². The first-order chi connectivity index (χ1) is 8.13. The molecule has 0 unspecified atom stereocenters. The molecule has 92 valence electrons. The van der Waals surface area contributed by atoms with E-state index in [1.54, 1.807) is 22.7 Å². The minimum atomic E-state index is 0.622. The second-order valence-corrected chi connectivity index (χ2v) is 6.43. The maximum absolute atomic E-state index is 4.39. The van der Waals surface area contributed by atoms with Crippen molar-refractivity contribution >= 4 is 27.8 Å². The summed E-state index contributed by atoms with van der Waals surface area (Å²) in [6.07, 6.45) is 0.995. The standard InChI is InChI=1S/C11H16N4S2/c1-7(2)4-10-14-15-11(17-10)12-5-9-6-16-8(3)13-9/h6-7H,4-5H2,1-3H3,(H,12,15). The van der Waals surface area contributed by atoms with Gasteiger partial charge in [0.05, 0.1) is 17.2 Å². The van der Waals surface area contributed by atoms with Crippen molar-refractivity contribution in [2.75, 3.05) is 5.32 Å². The molecule has 6 heteroatoms. The molecule has 17 heavy (non-hydrogen) atoms. The van der Waals surface area contributed by atoms with Crippen molar-refractivity contribution in [3.05, 3.63) is 21.1 Å². The van der Waals surface area contributed by atoms with Gasteiger partial charge in [-0.15, -0.1) is 21.5 Å². The minimum Gasteiger partial charge on any atom is -0.354 e. The van der Waals surface area contributed by atoms with Crippen LogP contribution >= 0.6 is 22.7 Å². The second-order valence-electron chi connectivity index (χ2n) is 4.31. The summed E-state index contributed by atoms with van der Waals surface area (Å²) in [4.78, 5) is 4.39. The molecule has 2 aromatic rings. The Balaban J connectivity index is 1.89. The fourth-order valence-corrected chi connectivity index (χ4v) is 2.97. The van der Waals surface area contributed by atoms with Crippen molar-refractivity contribution in [3.63, 3.8) is 0 Å². The predicted molar refractivity (Wildman–Crippen MR) is 72.6 cm³/mol. The van der Waals surface area contributed by atoms with Gasteiger partial charge in [-0.2, -0.15) is 0 Å². The maximum Gasteiger partial charge on any atom is 0.205 e. The second kappa shape index (κ2) is 5.55. The van der Waals surface area contributed by atoms with Crippen LogP contribution in [0.5, 0.6) is 0 Å². The summed E-state index contributed by atoms with van der Waals surface area (Å²) < 4.78 is 0. The van der Waals surface area contributed by atoms with Gasteiger partial charge in [-0.25, -0.2) is 4.98 Å². The first-order valence-electron chi connectivity index (χ1n) is 5.60. The van der Waals surface area contributed by atoms with Gasteiger partial charge in [0.15, 0.2) is 0 Å². The molecule has 0 aliphatic rings. The molecule has 0 aliphatic carbocycles. The average Bonchev–Trinajstić information content (AvgIpc) is 2.84. The Morgan fingerprint density at radius 2 is 2.18 bits per heavy atom. The highest BCUT2D eigenvalue weighted by atomic mass is 32.1. The summed E-state index contributed by atoms with van der Waals surface area (Å²) in [6.45, 7) is 7.11. The zero-order valence-electron chi connectivity index (χ0n) is 10.2. The van der Waals surface area contributed by atoms with E-state index in [4.69, 9.17) is 0 Å². The summed E-state index contributed by atoms with van der Waals surface area (Å²) in [5, 5.41) is 16.7. The van der Waals surface area contributed by atoms with E-state index in [1.165, 1.54) is 0 Å². The highest BCUT2D eigenvalue weighted by molar-refractivity contribution is 7.15. The molecule has 1 N–H and O–H groups in total. The Hall–Kier alpha value is -1.01. The van der Waals surface area contributed by atoms with E-state index in [0.29, 0.717) is 5.92 Å². The number of aryl methyl sites for hydroxylation is 1. The first kappa shape index (κ1) is 12.4. The summed E-state index contributed by atoms with van der Waals surface area (Å²) >= 11 is 3.30. The van der Waals surface area contributed by atoms with Crippen molar-refractivity contribution in [3.8, 4) is 0 Å². The lowest BCUT2D eigenvalue weighted by Gasteiger charge is -1.98. The zero-order valence-corrected chi connectivity index (χ0v) is 11.9. The summed E-state index contributed by atoms with van der Waals surface area (Å²) in [5.41, 5.74) is 1.06. The molecule has 0 aromatic carbocycles. The average molecular weight is 268 g/mol. The fourth-order valence-electron chi connectivity index (χ4n) is 1.41. The molecule has 0 saturated heterocycles. The topological polar surface area (TPSA) is 50.7 Å². The Morgan fingerprint density at radius 3 is 2.82 bits per heavy atom. The molecule has 4 nitrogen and oxygen atoms in total. The van der Waals surface area contributed by atoms with Crippen LogP contribution in [0, 0.1) is 12.8 Å². The van der Waals surface area contributed by atoms with Gasteiger partial charge < -0.3 is 5.32 Å². The molecule has 0 fully saturated rings. The molecule has 0 bridgehead atoms. The molecule has 0 saturated carbocycles. The lowest BCUT2D eigenvalue weighted by Crippen LogP contribution is -1.99. The Bertz CT molecular complexity index is 475. The third kappa shape index (κ3) is 3.74. The number of nitrogens with zero attached hydrogens (tertiary/aromatic N) is 3. The fraction of sp³-hybridized carbons (Fsp3) is 0.545. The summed E-state index contributed by atoms with van der Waals surface area (Å²) in [6, 6.07) is 0. The maximum atomic E-state index is 4.39. The monoisotopic (exact) mass is 268 g/mol. The van der Waals surface area contributed by atoms with Crippen LogP contribution in [0.25, 0.3) is 0 Å². The third-order valence-corrected chi connectivity index (χ3v) is 3.86. The number of anilines is 1. The number of thiazole rings is 1. The molecule has 2 heterocycles.